The number of allylic oxidation sites excluding steroid dienone is 10. The molecule has 14 heavy (non-hydrogen) atoms. The molecular formula is C14H18. The minimum Gasteiger partial charge on any atom is -0.0879 e. The van der Waals surface area contributed by atoms with Gasteiger partial charge in [-0.25, -0.2) is 0 Å². The molecule has 0 amide bonds. The fourth-order valence-electron chi connectivity index (χ4n) is 1.22. The third kappa shape index (κ3) is 6.24. The Morgan fingerprint density at radius 2 is 0.929 bits per heavy atom. The predicted molar refractivity (Wildman–Crippen MR) is 64.2 cm³/mol. The second-order valence-electron chi connectivity index (χ2n) is 3.23. The highest BCUT2D eigenvalue weighted by Gasteiger charge is 1.77. The smallest absolute Gasteiger partial charge is 0.0166 e. The first-order valence-corrected chi connectivity index (χ1v) is 5.28. The van der Waals surface area contributed by atoms with Crippen molar-refractivity contribution in [2.24, 2.45) is 0 Å². The molecule has 0 saturated heterocycles. The summed E-state index contributed by atoms with van der Waals surface area (Å²) in [6.07, 6.45) is 26.0. The van der Waals surface area contributed by atoms with Gasteiger partial charge in [0.15, 0.2) is 0 Å². The van der Waals surface area contributed by atoms with E-state index in [1.807, 2.05) is 0 Å². The van der Waals surface area contributed by atoms with Gasteiger partial charge in [-0.1, -0.05) is 60.8 Å². The number of rotatable bonds is 0. The summed E-state index contributed by atoms with van der Waals surface area (Å²) in [5.41, 5.74) is 0. The van der Waals surface area contributed by atoms with Crippen LogP contribution in [-0.4, -0.2) is 0 Å². The summed E-state index contributed by atoms with van der Waals surface area (Å²) < 4.78 is 0. The molecule has 1 aliphatic rings. The molecule has 0 atom stereocenters. The van der Waals surface area contributed by atoms with Crippen molar-refractivity contribution in [1.82, 2.24) is 0 Å². The average Bonchev–Trinajstić information content (AvgIpc) is 2.22. The van der Waals surface area contributed by atoms with Gasteiger partial charge in [0.1, 0.15) is 0 Å². The second-order valence-corrected chi connectivity index (χ2v) is 3.23. The molecular weight excluding hydrogens is 168 g/mol. The molecule has 1 rings (SSSR count). The van der Waals surface area contributed by atoms with E-state index in [0.29, 0.717) is 0 Å². The lowest BCUT2D eigenvalue weighted by molar-refractivity contribution is 1.04. The van der Waals surface area contributed by atoms with Crippen molar-refractivity contribution in [1.29, 1.82) is 0 Å². The summed E-state index contributed by atoms with van der Waals surface area (Å²) in [5.74, 6) is 0. The maximum absolute atomic E-state index is 2.25. The normalized spacial score (nSPS) is 22.9. The molecule has 0 heterocycles. The Morgan fingerprint density at radius 3 is 1.43 bits per heavy atom. The summed E-state index contributed by atoms with van der Waals surface area (Å²) in [7, 11) is 0. The Balaban J connectivity index is 2.45. The van der Waals surface area contributed by atoms with Gasteiger partial charge in [0, 0.05) is 0 Å². The molecule has 0 bridgehead atoms. The largest absolute Gasteiger partial charge is 0.0879 e. The van der Waals surface area contributed by atoms with E-state index in [0.717, 1.165) is 25.7 Å². The van der Waals surface area contributed by atoms with Gasteiger partial charge in [-0.05, 0) is 25.7 Å². The van der Waals surface area contributed by atoms with Crippen LogP contribution in [0, 0.1) is 0 Å². The highest BCUT2D eigenvalue weighted by Crippen LogP contribution is 1.98. The molecule has 0 aliphatic heterocycles. The van der Waals surface area contributed by atoms with Gasteiger partial charge < -0.3 is 0 Å². The molecule has 0 N–H and O–H groups in total. The van der Waals surface area contributed by atoms with Crippen molar-refractivity contribution >= 4 is 0 Å². The van der Waals surface area contributed by atoms with E-state index in [-0.39, 0.29) is 0 Å². The summed E-state index contributed by atoms with van der Waals surface area (Å²) in [5, 5.41) is 0. The Kier molecular flexibility index (Phi) is 6.39. The van der Waals surface area contributed by atoms with Crippen molar-refractivity contribution < 1.29 is 0 Å². The first kappa shape index (κ1) is 10.8. The molecule has 0 unspecified atom stereocenters. The van der Waals surface area contributed by atoms with Crippen LogP contribution in [0.2, 0.25) is 0 Å². The quantitative estimate of drug-likeness (QED) is 0.494. The van der Waals surface area contributed by atoms with Gasteiger partial charge in [-0.2, -0.15) is 0 Å². The summed E-state index contributed by atoms with van der Waals surface area (Å²) in [6, 6.07) is 0. The lowest BCUT2D eigenvalue weighted by atomic mass is 10.2. The lowest BCUT2D eigenvalue weighted by Crippen LogP contribution is -1.67. The Hall–Kier alpha value is -1.30. The van der Waals surface area contributed by atoms with Crippen LogP contribution in [0.4, 0.5) is 0 Å². The van der Waals surface area contributed by atoms with Crippen molar-refractivity contribution in [3.05, 3.63) is 60.8 Å². The molecule has 0 aromatic rings. The molecule has 0 heteroatoms. The van der Waals surface area contributed by atoms with Crippen molar-refractivity contribution in [3.63, 3.8) is 0 Å². The molecule has 0 saturated carbocycles. The summed E-state index contributed by atoms with van der Waals surface area (Å²) in [4.78, 5) is 0. The van der Waals surface area contributed by atoms with E-state index in [9.17, 15) is 0 Å². The molecule has 0 aromatic heterocycles. The van der Waals surface area contributed by atoms with Crippen LogP contribution < -0.4 is 0 Å². The molecule has 0 fully saturated rings. The van der Waals surface area contributed by atoms with E-state index in [1.165, 1.54) is 0 Å². The second kappa shape index (κ2) is 8.31. The van der Waals surface area contributed by atoms with E-state index in [1.54, 1.807) is 0 Å². The third-order valence-corrected chi connectivity index (χ3v) is 1.98. The maximum atomic E-state index is 2.25. The third-order valence-electron chi connectivity index (χ3n) is 1.98. The zero-order valence-electron chi connectivity index (χ0n) is 8.60. The molecule has 74 valence electrons. The fourth-order valence-corrected chi connectivity index (χ4v) is 1.22. The standard InChI is InChI=1S/C14H18/c1-2-4-6-8-10-12-14-13-11-9-7-5-3-1/h1-6,9-12H,7-8,13-14H2/b2-1-,5-3?,6-4?,11-9+,12-10?. The molecule has 0 nitrogen and oxygen atoms in total. The van der Waals surface area contributed by atoms with E-state index < -0.39 is 0 Å². The van der Waals surface area contributed by atoms with Gasteiger partial charge in [-0.15, -0.1) is 0 Å². The van der Waals surface area contributed by atoms with Crippen LogP contribution in [0.25, 0.3) is 0 Å². The minimum atomic E-state index is 1.04. The highest BCUT2D eigenvalue weighted by molar-refractivity contribution is 5.13. The predicted octanol–water partition coefficient (Wildman–Crippen LogP) is 4.34. The van der Waals surface area contributed by atoms with Gasteiger partial charge in [0.2, 0.25) is 0 Å². The minimum absolute atomic E-state index is 1.04. The molecule has 0 radical (unpaired) electrons. The van der Waals surface area contributed by atoms with Gasteiger partial charge in [0.25, 0.3) is 0 Å². The lowest BCUT2D eigenvalue weighted by Gasteiger charge is -1.87. The van der Waals surface area contributed by atoms with Gasteiger partial charge in [-0.3, -0.25) is 0 Å². The number of hydrogen-bond donors (Lipinski definition) is 0. The first-order chi connectivity index (χ1) is 7.00. The zero-order chi connectivity index (χ0) is 9.90. The van der Waals surface area contributed by atoms with Crippen LogP contribution in [0.5, 0.6) is 0 Å². The van der Waals surface area contributed by atoms with Crippen molar-refractivity contribution in [2.75, 3.05) is 0 Å². The summed E-state index contributed by atoms with van der Waals surface area (Å²) in [6.45, 7) is 0. The summed E-state index contributed by atoms with van der Waals surface area (Å²) >= 11 is 0. The van der Waals surface area contributed by atoms with Crippen molar-refractivity contribution in [2.45, 2.75) is 25.7 Å². The Bertz CT molecular complexity index is 234. The van der Waals surface area contributed by atoms with E-state index in [4.69, 9.17) is 0 Å². The Labute approximate surface area is 87.0 Å². The van der Waals surface area contributed by atoms with Crippen LogP contribution in [-0.2, 0) is 0 Å². The monoisotopic (exact) mass is 186 g/mol. The molecule has 1 aliphatic carbocycles. The van der Waals surface area contributed by atoms with E-state index >= 15 is 0 Å². The highest BCUT2D eigenvalue weighted by atomic mass is 13.8. The van der Waals surface area contributed by atoms with Gasteiger partial charge >= 0.3 is 0 Å². The van der Waals surface area contributed by atoms with E-state index in [2.05, 4.69) is 60.8 Å². The molecule has 0 aromatic carbocycles. The van der Waals surface area contributed by atoms with Crippen LogP contribution in [0.1, 0.15) is 25.7 Å². The first-order valence-electron chi connectivity index (χ1n) is 5.28. The van der Waals surface area contributed by atoms with Crippen LogP contribution in [0.15, 0.2) is 60.8 Å². The van der Waals surface area contributed by atoms with Crippen molar-refractivity contribution in [3.8, 4) is 0 Å². The SMILES string of the molecule is C1=CCC=CCC/C=C/CC=C/C=C\1. The average molecular weight is 186 g/mol. The van der Waals surface area contributed by atoms with Crippen LogP contribution in [0.3, 0.4) is 0 Å². The van der Waals surface area contributed by atoms with Crippen LogP contribution >= 0.6 is 0 Å². The fraction of sp³-hybridized carbons (Fsp3) is 0.286. The van der Waals surface area contributed by atoms with Gasteiger partial charge in [0.05, 0.1) is 0 Å². The topological polar surface area (TPSA) is 0 Å². The number of hydrogen-bond acceptors (Lipinski definition) is 0. The Morgan fingerprint density at radius 1 is 0.429 bits per heavy atom. The molecule has 0 spiro atoms. The maximum Gasteiger partial charge on any atom is -0.0166 e. The zero-order valence-corrected chi connectivity index (χ0v) is 8.60.